The van der Waals surface area contributed by atoms with Crippen molar-refractivity contribution in [3.8, 4) is 0 Å². The van der Waals surface area contributed by atoms with Crippen LogP contribution in [0.4, 0.5) is 8.78 Å². The molecule has 0 saturated carbocycles. The van der Waals surface area contributed by atoms with Gasteiger partial charge >= 0.3 is 0 Å². The molecular formula is C16H15F2NO. The Morgan fingerprint density at radius 1 is 1.10 bits per heavy atom. The van der Waals surface area contributed by atoms with Crippen LogP contribution in [0, 0.1) is 11.6 Å². The molecule has 0 saturated heterocycles. The number of benzene rings is 2. The highest BCUT2D eigenvalue weighted by atomic mass is 19.1. The van der Waals surface area contributed by atoms with Crippen LogP contribution >= 0.6 is 0 Å². The summed E-state index contributed by atoms with van der Waals surface area (Å²) in [5, 5.41) is 0. The highest BCUT2D eigenvalue weighted by Gasteiger charge is 2.16. The van der Waals surface area contributed by atoms with Crippen molar-refractivity contribution < 1.29 is 13.6 Å². The van der Waals surface area contributed by atoms with E-state index in [4.69, 9.17) is 5.73 Å². The van der Waals surface area contributed by atoms with Crippen LogP contribution in [0.2, 0.25) is 0 Å². The zero-order chi connectivity index (χ0) is 14.5. The summed E-state index contributed by atoms with van der Waals surface area (Å²) in [6, 6.07) is 11.9. The van der Waals surface area contributed by atoms with Gasteiger partial charge in [0.15, 0.2) is 5.78 Å². The molecule has 0 amide bonds. The van der Waals surface area contributed by atoms with Crippen LogP contribution in [0.15, 0.2) is 48.5 Å². The van der Waals surface area contributed by atoms with Crippen molar-refractivity contribution in [3.05, 3.63) is 71.3 Å². The molecule has 0 aliphatic rings. The van der Waals surface area contributed by atoms with E-state index in [2.05, 4.69) is 0 Å². The Morgan fingerprint density at radius 3 is 2.45 bits per heavy atom. The monoisotopic (exact) mass is 275 g/mol. The van der Waals surface area contributed by atoms with E-state index < -0.39 is 17.7 Å². The Bertz CT molecular complexity index is 599. The lowest BCUT2D eigenvalue weighted by atomic mass is 9.98. The first-order valence-corrected chi connectivity index (χ1v) is 6.32. The van der Waals surface area contributed by atoms with Crippen LogP contribution < -0.4 is 5.73 Å². The minimum atomic E-state index is -0.717. The first-order chi connectivity index (χ1) is 9.56. The van der Waals surface area contributed by atoms with Crippen LogP contribution in [0.1, 0.15) is 11.1 Å². The molecule has 2 nitrogen and oxygen atoms in total. The number of ketones is 1. The van der Waals surface area contributed by atoms with Crippen LogP contribution in [0.25, 0.3) is 0 Å². The molecule has 2 aromatic rings. The van der Waals surface area contributed by atoms with Gasteiger partial charge < -0.3 is 5.73 Å². The number of rotatable bonds is 5. The molecule has 20 heavy (non-hydrogen) atoms. The third-order valence-electron chi connectivity index (χ3n) is 3.09. The first kappa shape index (κ1) is 14.3. The number of hydrogen-bond donors (Lipinski definition) is 1. The summed E-state index contributed by atoms with van der Waals surface area (Å²) in [5.74, 6) is -1.64. The summed E-state index contributed by atoms with van der Waals surface area (Å²) in [5.41, 5.74) is 6.95. The number of Topliss-reactive ketones (excluding diaryl/α,β-unsaturated/α-hetero) is 1. The second-order valence-corrected chi connectivity index (χ2v) is 4.68. The topological polar surface area (TPSA) is 43.1 Å². The maximum atomic E-state index is 13.5. The molecule has 0 heterocycles. The second-order valence-electron chi connectivity index (χ2n) is 4.68. The van der Waals surface area contributed by atoms with E-state index in [-0.39, 0.29) is 17.8 Å². The fourth-order valence-electron chi connectivity index (χ4n) is 1.97. The van der Waals surface area contributed by atoms with Crippen molar-refractivity contribution in [2.75, 3.05) is 0 Å². The Balaban J connectivity index is 2.01. The van der Waals surface area contributed by atoms with Gasteiger partial charge in [-0.3, -0.25) is 4.79 Å². The van der Waals surface area contributed by atoms with Crippen LogP contribution in [0.5, 0.6) is 0 Å². The molecule has 0 radical (unpaired) electrons. The molecule has 1 unspecified atom stereocenters. The first-order valence-electron chi connectivity index (χ1n) is 6.32. The van der Waals surface area contributed by atoms with Gasteiger partial charge in [0.25, 0.3) is 0 Å². The lowest BCUT2D eigenvalue weighted by Gasteiger charge is -2.11. The van der Waals surface area contributed by atoms with Crippen molar-refractivity contribution in [2.24, 2.45) is 5.73 Å². The average Bonchev–Trinajstić information content (AvgIpc) is 2.43. The fourth-order valence-corrected chi connectivity index (χ4v) is 1.97. The van der Waals surface area contributed by atoms with Crippen molar-refractivity contribution >= 4 is 5.78 Å². The SMILES string of the molecule is NC(Cc1ccccc1)C(=O)Cc1ccc(F)cc1F. The summed E-state index contributed by atoms with van der Waals surface area (Å²) in [7, 11) is 0. The third-order valence-corrected chi connectivity index (χ3v) is 3.09. The minimum Gasteiger partial charge on any atom is -0.321 e. The number of carbonyl (C=O) groups is 1. The van der Waals surface area contributed by atoms with Gasteiger partial charge in [-0.15, -0.1) is 0 Å². The molecule has 2 N–H and O–H groups in total. The molecule has 2 aromatic carbocycles. The van der Waals surface area contributed by atoms with Crippen LogP contribution in [-0.2, 0) is 17.6 Å². The molecule has 0 aliphatic heterocycles. The van der Waals surface area contributed by atoms with Crippen molar-refractivity contribution in [1.82, 2.24) is 0 Å². The Labute approximate surface area is 116 Å². The Kier molecular flexibility index (Phi) is 4.58. The van der Waals surface area contributed by atoms with E-state index in [0.717, 1.165) is 17.7 Å². The molecule has 0 aromatic heterocycles. The zero-order valence-corrected chi connectivity index (χ0v) is 10.9. The van der Waals surface area contributed by atoms with Gasteiger partial charge in [0, 0.05) is 12.5 Å². The standard InChI is InChI=1S/C16H15F2NO/c17-13-7-6-12(14(18)10-13)9-16(20)15(19)8-11-4-2-1-3-5-11/h1-7,10,15H,8-9,19H2. The number of nitrogens with two attached hydrogens (primary N) is 1. The van der Waals surface area contributed by atoms with Gasteiger partial charge in [-0.25, -0.2) is 8.78 Å². The quantitative estimate of drug-likeness (QED) is 0.911. The second kappa shape index (κ2) is 6.39. The maximum Gasteiger partial charge on any atom is 0.154 e. The average molecular weight is 275 g/mol. The molecule has 2 rings (SSSR count). The van der Waals surface area contributed by atoms with E-state index in [9.17, 15) is 13.6 Å². The fraction of sp³-hybridized carbons (Fsp3) is 0.188. The summed E-state index contributed by atoms with van der Waals surface area (Å²) >= 11 is 0. The predicted molar refractivity (Wildman–Crippen MR) is 73.2 cm³/mol. The van der Waals surface area contributed by atoms with Crippen molar-refractivity contribution in [3.63, 3.8) is 0 Å². The zero-order valence-electron chi connectivity index (χ0n) is 10.9. The highest BCUT2D eigenvalue weighted by Crippen LogP contribution is 2.12. The summed E-state index contributed by atoms with van der Waals surface area (Å²) in [6.07, 6.45) is 0.280. The predicted octanol–water partition coefficient (Wildman–Crippen LogP) is 2.65. The number of carbonyl (C=O) groups excluding carboxylic acids is 1. The number of hydrogen-bond acceptors (Lipinski definition) is 2. The van der Waals surface area contributed by atoms with E-state index >= 15 is 0 Å². The van der Waals surface area contributed by atoms with Crippen molar-refractivity contribution in [1.29, 1.82) is 0 Å². The Morgan fingerprint density at radius 2 is 1.80 bits per heavy atom. The lowest BCUT2D eigenvalue weighted by molar-refractivity contribution is -0.119. The highest BCUT2D eigenvalue weighted by molar-refractivity contribution is 5.86. The van der Waals surface area contributed by atoms with Gasteiger partial charge in [-0.2, -0.15) is 0 Å². The summed E-state index contributed by atoms with van der Waals surface area (Å²) in [6.45, 7) is 0. The molecule has 0 spiro atoms. The van der Waals surface area contributed by atoms with Crippen LogP contribution in [0.3, 0.4) is 0 Å². The van der Waals surface area contributed by atoms with E-state index in [1.807, 2.05) is 30.3 Å². The normalized spacial score (nSPS) is 12.2. The molecular weight excluding hydrogens is 260 g/mol. The van der Waals surface area contributed by atoms with E-state index in [1.54, 1.807) is 0 Å². The van der Waals surface area contributed by atoms with E-state index in [1.165, 1.54) is 6.07 Å². The molecule has 104 valence electrons. The summed E-state index contributed by atoms with van der Waals surface area (Å²) in [4.78, 5) is 12.0. The van der Waals surface area contributed by atoms with Gasteiger partial charge in [0.2, 0.25) is 0 Å². The smallest absolute Gasteiger partial charge is 0.154 e. The molecule has 0 aliphatic carbocycles. The molecule has 0 bridgehead atoms. The minimum absolute atomic E-state index is 0.125. The number of halogens is 2. The Hall–Kier alpha value is -2.07. The molecule has 1 atom stereocenters. The lowest BCUT2D eigenvalue weighted by Crippen LogP contribution is -2.34. The van der Waals surface area contributed by atoms with Crippen molar-refractivity contribution in [2.45, 2.75) is 18.9 Å². The van der Waals surface area contributed by atoms with Gasteiger partial charge in [0.05, 0.1) is 6.04 Å². The van der Waals surface area contributed by atoms with Crippen LogP contribution in [-0.4, -0.2) is 11.8 Å². The van der Waals surface area contributed by atoms with Gasteiger partial charge in [0.1, 0.15) is 11.6 Å². The van der Waals surface area contributed by atoms with Gasteiger partial charge in [-0.05, 0) is 23.6 Å². The largest absolute Gasteiger partial charge is 0.321 e. The third kappa shape index (κ3) is 3.71. The summed E-state index contributed by atoms with van der Waals surface area (Å²) < 4.78 is 26.2. The maximum absolute atomic E-state index is 13.5. The van der Waals surface area contributed by atoms with E-state index in [0.29, 0.717) is 6.42 Å². The molecule has 0 fully saturated rings. The molecule has 4 heteroatoms. The van der Waals surface area contributed by atoms with Gasteiger partial charge in [-0.1, -0.05) is 36.4 Å².